The number of aryl methyl sites for hydroxylation is 1. The van der Waals surface area contributed by atoms with E-state index in [0.717, 1.165) is 25.7 Å². The Balaban J connectivity index is 1.25. The van der Waals surface area contributed by atoms with Gasteiger partial charge in [0, 0.05) is 12.0 Å². The van der Waals surface area contributed by atoms with Gasteiger partial charge in [-0.25, -0.2) is 32.0 Å². The number of sulfonamides is 1. The lowest BCUT2D eigenvalue weighted by atomic mass is 9.85. The Labute approximate surface area is 324 Å². The number of methoxy groups -OCH3 is 1. The topological polar surface area (TPSA) is 195 Å². The number of nitrogens with zero attached hydrogens (tertiary/aromatic N) is 3. The maximum Gasteiger partial charge on any atom is 0.408 e. The lowest BCUT2D eigenvalue weighted by molar-refractivity contribution is -0.143. The molecule has 3 saturated carbocycles. The number of halogens is 2. The van der Waals surface area contributed by atoms with E-state index in [1.54, 1.807) is 45.9 Å². The van der Waals surface area contributed by atoms with E-state index in [2.05, 4.69) is 10.6 Å². The molecule has 4 amide bonds. The minimum atomic E-state index is -4.14. The van der Waals surface area contributed by atoms with Gasteiger partial charge in [-0.15, -0.1) is 0 Å². The fourth-order valence-corrected chi connectivity index (χ4v) is 9.34. The number of carbonyl (C=O) groups is 4. The fourth-order valence-electron chi connectivity index (χ4n) is 7.97. The number of benzene rings is 1. The molecule has 7 rings (SSSR count). The average molecular weight is 805 g/mol. The minimum absolute atomic E-state index is 0.184. The molecule has 3 heterocycles. The molecular formula is C38H50F2N6O9S. The average Bonchev–Trinajstić information content (AvgIpc) is 4.03. The van der Waals surface area contributed by atoms with Crippen molar-refractivity contribution in [3.05, 3.63) is 23.9 Å². The SMILES string of the molecule is COc1ccc2nc3c(nc2c1)OC1CN(C(=O)C(C(C)(C)C)NC(=O)OC2CC2CCCCC3)C(C(=O)NC2(C(=O)NS(=O)(=O)C3CC3)CC2C(F)F)C1C. The zero-order chi connectivity index (χ0) is 40.3. The van der Waals surface area contributed by atoms with Crippen LogP contribution in [0.4, 0.5) is 13.6 Å². The number of rotatable bonds is 7. The van der Waals surface area contributed by atoms with E-state index >= 15 is 0 Å². The minimum Gasteiger partial charge on any atom is -0.497 e. The van der Waals surface area contributed by atoms with Crippen LogP contribution in [0, 0.1) is 23.2 Å². The van der Waals surface area contributed by atoms with Crippen molar-refractivity contribution < 1.29 is 50.6 Å². The van der Waals surface area contributed by atoms with Gasteiger partial charge in [-0.05, 0) is 68.4 Å². The number of fused-ring (bicyclic) bond motifs is 5. The summed E-state index contributed by atoms with van der Waals surface area (Å²) in [4.78, 5) is 66.8. The van der Waals surface area contributed by atoms with Crippen molar-refractivity contribution in [2.75, 3.05) is 13.7 Å². The molecule has 15 nitrogen and oxygen atoms in total. The Kier molecular flexibility index (Phi) is 10.6. The van der Waals surface area contributed by atoms with Gasteiger partial charge >= 0.3 is 6.09 Å². The number of alkyl carbamates (subject to hydrolysis) is 1. The maximum absolute atomic E-state index is 14.7. The van der Waals surface area contributed by atoms with Crippen LogP contribution < -0.4 is 24.8 Å². The molecule has 56 heavy (non-hydrogen) atoms. The van der Waals surface area contributed by atoms with Crippen LogP contribution in [0.15, 0.2) is 18.2 Å². The highest BCUT2D eigenvalue weighted by Crippen LogP contribution is 2.49. The molecule has 3 N–H and O–H groups in total. The van der Waals surface area contributed by atoms with Crippen molar-refractivity contribution >= 4 is 44.9 Å². The third kappa shape index (κ3) is 8.07. The molecule has 3 aliphatic carbocycles. The lowest BCUT2D eigenvalue weighted by Gasteiger charge is -2.36. The fraction of sp³-hybridized carbons (Fsp3) is 0.684. The summed E-state index contributed by atoms with van der Waals surface area (Å²) in [6, 6.07) is 2.70. The predicted octanol–water partition coefficient (Wildman–Crippen LogP) is 3.63. The summed E-state index contributed by atoms with van der Waals surface area (Å²) in [7, 11) is -2.61. The molecule has 0 radical (unpaired) electrons. The van der Waals surface area contributed by atoms with Gasteiger partial charge < -0.3 is 29.7 Å². The first-order valence-corrected chi connectivity index (χ1v) is 20.9. The van der Waals surface area contributed by atoms with E-state index in [9.17, 15) is 36.4 Å². The normalized spacial score (nSPS) is 31.1. The Hall–Kier alpha value is -4.35. The van der Waals surface area contributed by atoms with Crippen LogP contribution >= 0.6 is 0 Å². The van der Waals surface area contributed by atoms with Gasteiger partial charge in [0.25, 0.3) is 5.91 Å². The third-order valence-electron chi connectivity index (χ3n) is 11.8. The van der Waals surface area contributed by atoms with Crippen LogP contribution in [0.3, 0.4) is 0 Å². The van der Waals surface area contributed by atoms with Crippen molar-refractivity contribution in [2.24, 2.45) is 23.2 Å². The molecule has 8 unspecified atom stereocenters. The van der Waals surface area contributed by atoms with Gasteiger partial charge in [0.1, 0.15) is 41.3 Å². The third-order valence-corrected chi connectivity index (χ3v) is 13.6. The van der Waals surface area contributed by atoms with Crippen LogP contribution in [0.2, 0.25) is 0 Å². The van der Waals surface area contributed by atoms with E-state index < -0.39 is 92.9 Å². The molecule has 0 spiro atoms. The summed E-state index contributed by atoms with van der Waals surface area (Å²) < 4.78 is 73.5. The monoisotopic (exact) mass is 804 g/mol. The van der Waals surface area contributed by atoms with E-state index in [0.29, 0.717) is 48.2 Å². The highest BCUT2D eigenvalue weighted by molar-refractivity contribution is 7.91. The van der Waals surface area contributed by atoms with Crippen LogP contribution in [0.25, 0.3) is 11.0 Å². The largest absolute Gasteiger partial charge is 0.497 e. The van der Waals surface area contributed by atoms with Crippen LogP contribution in [0.5, 0.6) is 11.6 Å². The lowest BCUT2D eigenvalue weighted by Crippen LogP contribution is -2.61. The summed E-state index contributed by atoms with van der Waals surface area (Å²) in [6.45, 7) is 6.70. The van der Waals surface area contributed by atoms with E-state index in [4.69, 9.17) is 24.2 Å². The molecule has 2 aliphatic heterocycles. The van der Waals surface area contributed by atoms with E-state index in [1.165, 1.54) is 12.0 Å². The number of nitrogens with one attached hydrogen (secondary N) is 3. The second-order valence-corrected chi connectivity index (χ2v) is 19.0. The number of hydrogen-bond acceptors (Lipinski definition) is 11. The number of alkyl halides is 2. The molecule has 2 aromatic rings. The van der Waals surface area contributed by atoms with Gasteiger partial charge in [-0.2, -0.15) is 0 Å². The number of carbonyl (C=O) groups excluding carboxylic acids is 4. The predicted molar refractivity (Wildman–Crippen MR) is 197 cm³/mol. The standard InChI is InChI=1S/C38H50F2N6O9S/c1-19-28-18-46(29(19)32(47)44-38(17-23(38)31(39)40)35(49)45-56(51,52)22-12-13-22)34(48)30(37(2,3)4)43-36(50)55-27-15-20(27)9-7-6-8-10-25-33(54-28)42-26-16-21(53-5)11-14-24(26)41-25/h11,14,16,19-20,22-23,27-31H,6-10,12-13,15,17-18H2,1-5H3,(H,43,50)(H,44,47)(H,45,49). The van der Waals surface area contributed by atoms with Gasteiger partial charge in [0.2, 0.25) is 34.1 Å². The highest BCUT2D eigenvalue weighted by atomic mass is 32.2. The first kappa shape index (κ1) is 39.9. The molecule has 18 heteroatoms. The highest BCUT2D eigenvalue weighted by Gasteiger charge is 2.67. The number of aromatic nitrogens is 2. The number of hydrogen-bond donors (Lipinski definition) is 3. The smallest absolute Gasteiger partial charge is 0.408 e. The van der Waals surface area contributed by atoms with E-state index in [-0.39, 0.29) is 24.4 Å². The molecule has 1 aromatic carbocycles. The Morgan fingerprint density at radius 2 is 1.80 bits per heavy atom. The molecular weight excluding hydrogens is 755 g/mol. The van der Waals surface area contributed by atoms with Crippen LogP contribution in [-0.2, 0) is 35.6 Å². The van der Waals surface area contributed by atoms with Gasteiger partial charge in [-0.3, -0.25) is 19.1 Å². The Morgan fingerprint density at radius 3 is 2.46 bits per heavy atom. The first-order valence-electron chi connectivity index (χ1n) is 19.4. The van der Waals surface area contributed by atoms with Crippen molar-refractivity contribution in [1.82, 2.24) is 30.2 Å². The summed E-state index contributed by atoms with van der Waals surface area (Å²) in [5.41, 5.74) is -1.42. The zero-order valence-electron chi connectivity index (χ0n) is 32.2. The summed E-state index contributed by atoms with van der Waals surface area (Å²) in [6.07, 6.45) is -0.193. The van der Waals surface area contributed by atoms with Crippen LogP contribution in [-0.4, -0.2) is 102 Å². The summed E-state index contributed by atoms with van der Waals surface area (Å²) >= 11 is 0. The first-order chi connectivity index (χ1) is 26.4. The second-order valence-electron chi connectivity index (χ2n) is 17.0. The van der Waals surface area contributed by atoms with Gasteiger partial charge in [-0.1, -0.05) is 40.5 Å². The summed E-state index contributed by atoms with van der Waals surface area (Å²) in [5, 5.41) is 4.38. The Morgan fingerprint density at radius 1 is 1.05 bits per heavy atom. The zero-order valence-corrected chi connectivity index (χ0v) is 33.0. The van der Waals surface area contributed by atoms with E-state index in [1.807, 2.05) is 4.72 Å². The van der Waals surface area contributed by atoms with Crippen molar-refractivity contribution in [2.45, 2.75) is 127 Å². The molecule has 306 valence electrons. The second kappa shape index (κ2) is 14.9. The van der Waals surface area contributed by atoms with Crippen LogP contribution in [0.1, 0.15) is 84.8 Å². The number of amides is 4. The molecule has 8 atom stereocenters. The molecule has 4 fully saturated rings. The molecule has 2 bridgehead atoms. The molecule has 1 saturated heterocycles. The quantitative estimate of drug-likeness (QED) is 0.370. The maximum atomic E-state index is 14.7. The molecule has 1 aromatic heterocycles. The van der Waals surface area contributed by atoms with Gasteiger partial charge in [0.15, 0.2) is 0 Å². The van der Waals surface area contributed by atoms with Crippen molar-refractivity contribution in [3.8, 4) is 11.6 Å². The van der Waals surface area contributed by atoms with Crippen molar-refractivity contribution in [3.63, 3.8) is 0 Å². The summed E-state index contributed by atoms with van der Waals surface area (Å²) in [5.74, 6) is -4.38. The van der Waals surface area contributed by atoms with Crippen molar-refractivity contribution in [1.29, 1.82) is 0 Å². The number of ether oxygens (including phenoxy) is 3. The Bertz CT molecular complexity index is 2010. The van der Waals surface area contributed by atoms with Gasteiger partial charge in [0.05, 0.1) is 35.9 Å². The molecule has 5 aliphatic rings.